The lowest BCUT2D eigenvalue weighted by molar-refractivity contribution is -0.0907. The molecule has 1 amide bonds. The molecule has 0 saturated carbocycles. The average Bonchev–Trinajstić information content (AvgIpc) is 3.97. The van der Waals surface area contributed by atoms with E-state index in [4.69, 9.17) is 32.9 Å². The topological polar surface area (TPSA) is 181 Å². The van der Waals surface area contributed by atoms with Gasteiger partial charge in [0.2, 0.25) is 22.6 Å². The highest BCUT2D eigenvalue weighted by Crippen LogP contribution is 2.35. The summed E-state index contributed by atoms with van der Waals surface area (Å²) >= 11 is 0. The van der Waals surface area contributed by atoms with Crippen molar-refractivity contribution >= 4 is 16.1 Å². The minimum absolute atomic E-state index is 0.000377. The van der Waals surface area contributed by atoms with Gasteiger partial charge >= 0.3 is 6.09 Å². The number of nitrogens with zero attached hydrogens (tertiary/aromatic N) is 3. The quantitative estimate of drug-likeness (QED) is 0.177. The van der Waals surface area contributed by atoms with Gasteiger partial charge in [-0.3, -0.25) is 0 Å². The lowest BCUT2D eigenvalue weighted by Gasteiger charge is -2.31. The van der Waals surface area contributed by atoms with E-state index in [1.165, 1.54) is 16.4 Å². The molecule has 3 aromatic carbocycles. The zero-order valence-corrected chi connectivity index (χ0v) is 30.1. The van der Waals surface area contributed by atoms with Crippen molar-refractivity contribution in [2.45, 2.75) is 62.7 Å². The molecule has 3 aliphatic rings. The number of alkyl carbamates (subject to hydrolysis) is 1. The number of rotatable bonds is 15. The highest BCUT2D eigenvalue weighted by Gasteiger charge is 2.44. The Bertz CT molecular complexity index is 1960. The van der Waals surface area contributed by atoms with Crippen molar-refractivity contribution < 1.29 is 51.3 Å². The van der Waals surface area contributed by atoms with Crippen LogP contribution < -0.4 is 19.5 Å². The molecule has 16 heteroatoms. The van der Waals surface area contributed by atoms with Crippen LogP contribution in [0.25, 0.3) is 11.5 Å². The van der Waals surface area contributed by atoms with Gasteiger partial charge in [-0.05, 0) is 60.7 Å². The number of hydrogen-bond acceptors (Lipinski definition) is 13. The van der Waals surface area contributed by atoms with Crippen molar-refractivity contribution in [3.05, 3.63) is 84.2 Å². The molecule has 0 aliphatic carbocycles. The number of aliphatic hydroxyl groups is 1. The van der Waals surface area contributed by atoms with E-state index in [-0.39, 0.29) is 56.2 Å². The highest BCUT2D eigenvalue weighted by molar-refractivity contribution is 7.89. The predicted octanol–water partition coefficient (Wildman–Crippen LogP) is 4.15. The van der Waals surface area contributed by atoms with Gasteiger partial charge in [-0.25, -0.2) is 13.2 Å². The van der Waals surface area contributed by atoms with Crippen molar-refractivity contribution in [1.29, 1.82) is 0 Å². The molecule has 4 aromatic rings. The third-order valence-corrected chi connectivity index (χ3v) is 11.0. The first-order valence-electron chi connectivity index (χ1n) is 17.5. The van der Waals surface area contributed by atoms with Gasteiger partial charge in [0.05, 0.1) is 36.2 Å². The van der Waals surface area contributed by atoms with Crippen molar-refractivity contribution in [1.82, 2.24) is 19.8 Å². The number of sulfonamides is 1. The first-order chi connectivity index (χ1) is 25.6. The molecule has 1 aromatic heterocycles. The summed E-state index contributed by atoms with van der Waals surface area (Å²) < 4.78 is 68.1. The Morgan fingerprint density at radius 2 is 1.81 bits per heavy atom. The molecule has 7 rings (SSSR count). The van der Waals surface area contributed by atoms with E-state index in [1.807, 2.05) is 44.2 Å². The predicted molar refractivity (Wildman–Crippen MR) is 187 cm³/mol. The molecule has 15 nitrogen and oxygen atoms in total. The molecule has 0 spiro atoms. The summed E-state index contributed by atoms with van der Waals surface area (Å²) in [6, 6.07) is 20.0. The Morgan fingerprint density at radius 1 is 1.02 bits per heavy atom. The van der Waals surface area contributed by atoms with E-state index >= 15 is 0 Å². The van der Waals surface area contributed by atoms with Crippen LogP contribution in [0.2, 0.25) is 0 Å². The van der Waals surface area contributed by atoms with Gasteiger partial charge in [-0.15, -0.1) is 0 Å². The van der Waals surface area contributed by atoms with Gasteiger partial charge in [-0.1, -0.05) is 49.3 Å². The summed E-state index contributed by atoms with van der Waals surface area (Å²) in [4.78, 5) is 17.7. The molecule has 282 valence electrons. The van der Waals surface area contributed by atoms with E-state index in [0.29, 0.717) is 42.0 Å². The summed E-state index contributed by atoms with van der Waals surface area (Å²) in [6.45, 7) is 4.38. The van der Waals surface area contributed by atoms with Crippen LogP contribution >= 0.6 is 0 Å². The standard InChI is InChI=1S/C37H42N4O11S/c1-23(2)18-41(53(44,45)27-12-13-31-32(17-27)50-22-49-31)19-30(42)29(38-37(43)51-33-20-48-36-28(33)14-15-46-36)16-24-8-10-26(11-9-24)47-21-34-39-35(52-40-34)25-6-4-3-5-7-25/h3-13,17,23,28-30,33,36,42H,14-16,18-22H2,1-2H3,(H,38,43)/t28-,29-,30+,33-,36+/m0/s1. The first-order valence-corrected chi connectivity index (χ1v) is 18.9. The Labute approximate surface area is 307 Å². The van der Waals surface area contributed by atoms with Crippen molar-refractivity contribution in [3.63, 3.8) is 0 Å². The lowest BCUT2D eigenvalue weighted by Crippen LogP contribution is -2.51. The number of ether oxygens (including phenoxy) is 6. The summed E-state index contributed by atoms with van der Waals surface area (Å²) in [5, 5.41) is 18.5. The molecular formula is C37H42N4O11S. The number of carbonyl (C=O) groups is 1. The van der Waals surface area contributed by atoms with Crippen LogP contribution in [0.15, 0.2) is 82.2 Å². The second kappa shape index (κ2) is 16.1. The van der Waals surface area contributed by atoms with E-state index in [2.05, 4.69) is 15.5 Å². The fourth-order valence-corrected chi connectivity index (χ4v) is 8.13. The Morgan fingerprint density at radius 3 is 2.60 bits per heavy atom. The number of fused-ring (bicyclic) bond motifs is 2. The van der Waals surface area contributed by atoms with Crippen LogP contribution in [0.3, 0.4) is 0 Å². The van der Waals surface area contributed by atoms with Crippen LogP contribution in [0.4, 0.5) is 4.79 Å². The number of benzene rings is 3. The van der Waals surface area contributed by atoms with Gasteiger partial charge in [0.1, 0.15) is 11.9 Å². The van der Waals surface area contributed by atoms with Crippen molar-refractivity contribution in [2.75, 3.05) is 33.1 Å². The first kappa shape index (κ1) is 36.6. The number of aromatic nitrogens is 2. The molecule has 0 radical (unpaired) electrons. The SMILES string of the molecule is CC(C)CN(C[C@@H](O)[C@H](Cc1ccc(OCc2noc(-c3ccccc3)n2)cc1)NC(=O)O[C@H]1CO[C@H]2OCC[C@H]21)S(=O)(=O)c1ccc2c(c1)OCO2. The van der Waals surface area contributed by atoms with Gasteiger partial charge in [0.15, 0.2) is 24.4 Å². The third-order valence-electron chi connectivity index (χ3n) is 9.19. The van der Waals surface area contributed by atoms with Gasteiger partial charge < -0.3 is 43.4 Å². The number of hydrogen-bond donors (Lipinski definition) is 2. The zero-order chi connectivity index (χ0) is 37.0. The number of nitrogens with one attached hydrogen (secondary N) is 1. The maximum atomic E-state index is 14.0. The molecular weight excluding hydrogens is 708 g/mol. The second-order valence-electron chi connectivity index (χ2n) is 13.5. The third kappa shape index (κ3) is 8.74. The Kier molecular flexibility index (Phi) is 11.1. The zero-order valence-electron chi connectivity index (χ0n) is 29.3. The van der Waals surface area contributed by atoms with Crippen molar-refractivity contribution in [3.8, 4) is 28.7 Å². The second-order valence-corrected chi connectivity index (χ2v) is 15.5. The van der Waals surface area contributed by atoms with Crippen LogP contribution in [-0.2, 0) is 37.3 Å². The van der Waals surface area contributed by atoms with Gasteiger partial charge in [-0.2, -0.15) is 9.29 Å². The summed E-state index contributed by atoms with van der Waals surface area (Å²) in [5.41, 5.74) is 1.55. The summed E-state index contributed by atoms with van der Waals surface area (Å²) in [6.07, 6.45) is -2.15. The fraction of sp³-hybridized carbons (Fsp3) is 0.432. The number of aliphatic hydroxyl groups excluding tert-OH is 1. The number of carbonyl (C=O) groups excluding carboxylic acids is 1. The smallest absolute Gasteiger partial charge is 0.407 e. The normalized spacial score (nSPS) is 20.4. The Hall–Kier alpha value is -4.74. The lowest BCUT2D eigenvalue weighted by atomic mass is 10.0. The van der Waals surface area contributed by atoms with E-state index in [0.717, 1.165) is 11.1 Å². The minimum atomic E-state index is -4.10. The molecule has 4 heterocycles. The van der Waals surface area contributed by atoms with Crippen molar-refractivity contribution in [2.24, 2.45) is 11.8 Å². The Balaban J connectivity index is 1.05. The maximum Gasteiger partial charge on any atom is 0.407 e. The number of amides is 1. The van der Waals surface area contributed by atoms with E-state index in [1.54, 1.807) is 30.3 Å². The van der Waals surface area contributed by atoms with Gasteiger partial charge in [0.25, 0.3) is 5.89 Å². The largest absolute Gasteiger partial charge is 0.485 e. The average molecular weight is 751 g/mol. The minimum Gasteiger partial charge on any atom is -0.485 e. The fourth-order valence-electron chi connectivity index (χ4n) is 6.49. The molecule has 53 heavy (non-hydrogen) atoms. The van der Waals surface area contributed by atoms with Crippen LogP contribution in [0.1, 0.15) is 31.7 Å². The molecule has 3 aliphatic heterocycles. The molecule has 2 saturated heterocycles. The van der Waals surface area contributed by atoms with E-state index < -0.39 is 40.7 Å². The molecule has 2 N–H and O–H groups in total. The maximum absolute atomic E-state index is 14.0. The summed E-state index contributed by atoms with van der Waals surface area (Å²) in [7, 11) is -4.10. The molecule has 0 unspecified atom stereocenters. The highest BCUT2D eigenvalue weighted by atomic mass is 32.2. The van der Waals surface area contributed by atoms with Gasteiger partial charge in [0, 0.05) is 24.7 Å². The van der Waals surface area contributed by atoms with Crippen LogP contribution in [0.5, 0.6) is 17.2 Å². The monoisotopic (exact) mass is 750 g/mol. The molecule has 2 fully saturated rings. The van der Waals surface area contributed by atoms with E-state index in [9.17, 15) is 18.3 Å². The van der Waals surface area contributed by atoms with Crippen LogP contribution in [0, 0.1) is 11.8 Å². The molecule has 5 atom stereocenters. The summed E-state index contributed by atoms with van der Waals surface area (Å²) in [5.74, 6) is 1.93. The molecule has 0 bridgehead atoms. The van der Waals surface area contributed by atoms with Crippen LogP contribution in [-0.4, -0.2) is 91.7 Å².